The third-order valence-electron chi connectivity index (χ3n) is 7.72. The molecular formula is C29H38N6O2. The largest absolute Gasteiger partial charge is 0.483 e. The van der Waals surface area contributed by atoms with Crippen LogP contribution in [0.2, 0.25) is 0 Å². The van der Waals surface area contributed by atoms with E-state index in [2.05, 4.69) is 45.3 Å². The number of amides is 2. The Kier molecular flexibility index (Phi) is 8.04. The number of nitrogens with one attached hydrogen (secondary N) is 1. The van der Waals surface area contributed by atoms with E-state index in [0.717, 1.165) is 23.6 Å². The SMILES string of the molecule is CCC1C=CC(COc2cccnc2N2CCN(C(=O)Nc3cccc(C4CCCC4)c3)CC2)=NC1N. The highest BCUT2D eigenvalue weighted by Gasteiger charge is 2.25. The second-order valence-electron chi connectivity index (χ2n) is 10.2. The minimum atomic E-state index is -0.216. The Morgan fingerprint density at radius 2 is 1.95 bits per heavy atom. The maximum atomic E-state index is 13.0. The van der Waals surface area contributed by atoms with Crippen LogP contribution in [-0.4, -0.2) is 60.6 Å². The second-order valence-corrected chi connectivity index (χ2v) is 10.2. The van der Waals surface area contributed by atoms with Gasteiger partial charge in [-0.15, -0.1) is 0 Å². The number of benzene rings is 1. The van der Waals surface area contributed by atoms with Gasteiger partial charge in [-0.3, -0.25) is 4.99 Å². The van der Waals surface area contributed by atoms with Crippen LogP contribution >= 0.6 is 0 Å². The Hall–Kier alpha value is -3.39. The van der Waals surface area contributed by atoms with E-state index in [9.17, 15) is 4.79 Å². The van der Waals surface area contributed by atoms with Crippen molar-refractivity contribution in [2.75, 3.05) is 43.0 Å². The quantitative estimate of drug-likeness (QED) is 0.567. The maximum absolute atomic E-state index is 13.0. The van der Waals surface area contributed by atoms with Gasteiger partial charge in [-0.1, -0.05) is 38.0 Å². The van der Waals surface area contributed by atoms with E-state index in [4.69, 9.17) is 10.5 Å². The highest BCUT2D eigenvalue weighted by Crippen LogP contribution is 2.35. The standard InChI is InChI=1S/C29H38N6O2/c1-2-21-12-13-25(32-27(21)30)20-37-26-11-6-14-31-28(26)34-15-17-35(18-16-34)29(36)33-24-10-5-9-23(19-24)22-7-3-4-8-22/h5-6,9-14,19,21-22,27H,2-4,7-8,15-18,20,30H2,1H3,(H,33,36). The fraction of sp³-hybridized carbons (Fsp3) is 0.483. The molecule has 0 spiro atoms. The Labute approximate surface area is 219 Å². The van der Waals surface area contributed by atoms with Crippen molar-refractivity contribution in [2.45, 2.75) is 51.1 Å². The van der Waals surface area contributed by atoms with Gasteiger partial charge in [0, 0.05) is 44.0 Å². The summed E-state index contributed by atoms with van der Waals surface area (Å²) in [5, 5.41) is 3.11. The topological polar surface area (TPSA) is 96.1 Å². The van der Waals surface area contributed by atoms with Gasteiger partial charge >= 0.3 is 6.03 Å². The number of piperazine rings is 1. The molecule has 5 rings (SSSR count). The van der Waals surface area contributed by atoms with Crippen molar-refractivity contribution >= 4 is 23.2 Å². The van der Waals surface area contributed by atoms with E-state index in [-0.39, 0.29) is 18.1 Å². The minimum Gasteiger partial charge on any atom is -0.483 e. The molecule has 2 fully saturated rings. The summed E-state index contributed by atoms with van der Waals surface area (Å²) in [5.41, 5.74) is 9.22. The number of aromatic nitrogens is 1. The number of ether oxygens (including phenoxy) is 1. The summed E-state index contributed by atoms with van der Waals surface area (Å²) in [7, 11) is 0. The van der Waals surface area contributed by atoms with Crippen molar-refractivity contribution < 1.29 is 9.53 Å². The van der Waals surface area contributed by atoms with Crippen molar-refractivity contribution in [3.8, 4) is 5.75 Å². The third kappa shape index (κ3) is 6.13. The fourth-order valence-corrected chi connectivity index (χ4v) is 5.48. The minimum absolute atomic E-state index is 0.0514. The van der Waals surface area contributed by atoms with Crippen LogP contribution in [0.15, 0.2) is 59.7 Å². The van der Waals surface area contributed by atoms with Crippen LogP contribution in [0.4, 0.5) is 16.3 Å². The molecule has 2 amide bonds. The van der Waals surface area contributed by atoms with E-state index in [0.29, 0.717) is 44.5 Å². The Morgan fingerprint density at radius 3 is 2.70 bits per heavy atom. The summed E-state index contributed by atoms with van der Waals surface area (Å²) in [6.07, 6.45) is 11.8. The van der Waals surface area contributed by atoms with Crippen molar-refractivity contribution in [1.29, 1.82) is 0 Å². The number of hydrogen-bond acceptors (Lipinski definition) is 6. The van der Waals surface area contributed by atoms with E-state index < -0.39 is 0 Å². The van der Waals surface area contributed by atoms with Crippen molar-refractivity contribution in [2.24, 2.45) is 16.6 Å². The van der Waals surface area contributed by atoms with Crippen LogP contribution in [0, 0.1) is 5.92 Å². The average Bonchev–Trinajstić information content (AvgIpc) is 3.48. The number of hydrogen-bond donors (Lipinski definition) is 2. The molecule has 3 heterocycles. The average molecular weight is 503 g/mol. The first-order valence-electron chi connectivity index (χ1n) is 13.6. The van der Waals surface area contributed by atoms with E-state index in [1.54, 1.807) is 6.20 Å². The monoisotopic (exact) mass is 502 g/mol. The smallest absolute Gasteiger partial charge is 0.321 e. The zero-order valence-electron chi connectivity index (χ0n) is 21.7. The molecule has 8 nitrogen and oxygen atoms in total. The molecule has 1 saturated carbocycles. The van der Waals surface area contributed by atoms with E-state index >= 15 is 0 Å². The molecule has 2 aliphatic heterocycles. The van der Waals surface area contributed by atoms with Crippen LogP contribution in [0.3, 0.4) is 0 Å². The number of dihydropyridines is 1. The number of anilines is 2. The number of carbonyl (C=O) groups is 1. The highest BCUT2D eigenvalue weighted by atomic mass is 16.5. The number of aliphatic imine (C=N–C) groups is 1. The first-order chi connectivity index (χ1) is 18.1. The number of pyridine rings is 1. The molecular weight excluding hydrogens is 464 g/mol. The molecule has 2 aromatic rings. The normalized spacial score (nSPS) is 22.2. The Bertz CT molecular complexity index is 1130. The maximum Gasteiger partial charge on any atom is 0.321 e. The summed E-state index contributed by atoms with van der Waals surface area (Å²) >= 11 is 0. The lowest BCUT2D eigenvalue weighted by atomic mass is 9.97. The molecule has 3 aliphatic rings. The molecule has 0 bridgehead atoms. The van der Waals surface area contributed by atoms with Gasteiger partial charge < -0.3 is 25.6 Å². The lowest BCUT2D eigenvalue weighted by Gasteiger charge is -2.36. The number of rotatable bonds is 7. The van der Waals surface area contributed by atoms with Gasteiger partial charge in [-0.25, -0.2) is 9.78 Å². The third-order valence-corrected chi connectivity index (χ3v) is 7.72. The van der Waals surface area contributed by atoms with E-state index in [1.165, 1.54) is 31.2 Å². The van der Waals surface area contributed by atoms with Crippen LogP contribution in [0.5, 0.6) is 5.75 Å². The molecule has 2 unspecified atom stereocenters. The predicted molar refractivity (Wildman–Crippen MR) is 149 cm³/mol. The lowest BCUT2D eigenvalue weighted by molar-refractivity contribution is 0.208. The first kappa shape index (κ1) is 25.3. The van der Waals surface area contributed by atoms with Crippen LogP contribution in [0.25, 0.3) is 0 Å². The molecule has 1 aliphatic carbocycles. The Balaban J connectivity index is 1.15. The van der Waals surface area contributed by atoms with Gasteiger partial charge in [0.1, 0.15) is 12.8 Å². The number of nitrogens with zero attached hydrogens (tertiary/aromatic N) is 4. The predicted octanol–water partition coefficient (Wildman–Crippen LogP) is 4.79. The molecule has 196 valence electrons. The molecule has 2 atom stereocenters. The number of carbonyl (C=O) groups excluding carboxylic acids is 1. The van der Waals surface area contributed by atoms with Gasteiger partial charge in [0.15, 0.2) is 11.6 Å². The van der Waals surface area contributed by atoms with Gasteiger partial charge in [0.05, 0.1) is 5.71 Å². The number of nitrogens with two attached hydrogens (primary N) is 1. The van der Waals surface area contributed by atoms with Crippen molar-refractivity contribution in [3.05, 3.63) is 60.3 Å². The molecule has 0 radical (unpaired) electrons. The van der Waals surface area contributed by atoms with Crippen LogP contribution < -0.4 is 20.7 Å². The first-order valence-corrected chi connectivity index (χ1v) is 13.6. The van der Waals surface area contributed by atoms with Gasteiger partial charge in [0.2, 0.25) is 0 Å². The molecule has 3 N–H and O–H groups in total. The molecule has 1 aromatic heterocycles. The summed E-state index contributed by atoms with van der Waals surface area (Å²) in [5.74, 6) is 2.41. The second kappa shape index (κ2) is 11.8. The Morgan fingerprint density at radius 1 is 1.14 bits per heavy atom. The zero-order valence-corrected chi connectivity index (χ0v) is 21.7. The van der Waals surface area contributed by atoms with Gasteiger partial charge in [-0.2, -0.15) is 0 Å². The lowest BCUT2D eigenvalue weighted by Crippen LogP contribution is -2.50. The summed E-state index contributed by atoms with van der Waals surface area (Å²) in [4.78, 5) is 26.2. The van der Waals surface area contributed by atoms with Crippen LogP contribution in [0.1, 0.15) is 50.5 Å². The van der Waals surface area contributed by atoms with Crippen LogP contribution in [-0.2, 0) is 0 Å². The molecule has 8 heteroatoms. The van der Waals surface area contributed by atoms with Gasteiger partial charge in [0.25, 0.3) is 0 Å². The molecule has 1 aromatic carbocycles. The summed E-state index contributed by atoms with van der Waals surface area (Å²) < 4.78 is 6.12. The van der Waals surface area contributed by atoms with Crippen molar-refractivity contribution in [1.82, 2.24) is 9.88 Å². The fourth-order valence-electron chi connectivity index (χ4n) is 5.48. The molecule has 1 saturated heterocycles. The number of urea groups is 1. The van der Waals surface area contributed by atoms with Gasteiger partial charge in [-0.05, 0) is 61.1 Å². The summed E-state index contributed by atoms with van der Waals surface area (Å²) in [6, 6.07) is 12.1. The summed E-state index contributed by atoms with van der Waals surface area (Å²) in [6.45, 7) is 5.08. The highest BCUT2D eigenvalue weighted by molar-refractivity contribution is 5.97. The van der Waals surface area contributed by atoms with Crippen molar-refractivity contribution in [3.63, 3.8) is 0 Å². The van der Waals surface area contributed by atoms with E-state index in [1.807, 2.05) is 35.2 Å². The zero-order chi connectivity index (χ0) is 25.6. The molecule has 37 heavy (non-hydrogen) atoms.